The molecule has 0 saturated heterocycles. The first-order chi connectivity index (χ1) is 18.6. The number of para-hydroxylation sites is 1. The Balaban J connectivity index is 1.77. The fourth-order valence-corrected chi connectivity index (χ4v) is 4.96. The summed E-state index contributed by atoms with van der Waals surface area (Å²) in [6, 6.07) is 15.0. The van der Waals surface area contributed by atoms with Gasteiger partial charge in [0.25, 0.3) is 16.8 Å². The number of nitro benzene ring substituents is 1. The minimum absolute atomic E-state index is 0.0849. The van der Waals surface area contributed by atoms with Crippen molar-refractivity contribution in [3.05, 3.63) is 108 Å². The van der Waals surface area contributed by atoms with E-state index in [0.29, 0.717) is 22.6 Å². The van der Waals surface area contributed by atoms with E-state index < -0.39 is 16.2 Å². The molecule has 6 aromatic rings. The van der Waals surface area contributed by atoms with E-state index in [2.05, 4.69) is 4.98 Å². The number of hydrogen-bond acceptors (Lipinski definition) is 6. The van der Waals surface area contributed by atoms with Gasteiger partial charge in [0.15, 0.2) is 11.2 Å². The molecule has 0 N–H and O–H groups in total. The smallest absolute Gasteiger partial charge is 0.283 e. The number of aryl methyl sites for hydroxylation is 1. The van der Waals surface area contributed by atoms with Crippen LogP contribution in [0.2, 0.25) is 0 Å². The van der Waals surface area contributed by atoms with Crippen LogP contribution in [0.25, 0.3) is 39.6 Å². The summed E-state index contributed by atoms with van der Waals surface area (Å²) in [6.07, 6.45) is 1.65. The lowest BCUT2D eigenvalue weighted by atomic mass is 10.1. The van der Waals surface area contributed by atoms with Crippen molar-refractivity contribution in [3.63, 3.8) is 0 Å². The highest BCUT2D eigenvalue weighted by atomic mass is 16.6. The van der Waals surface area contributed by atoms with Crippen LogP contribution in [0.1, 0.15) is 5.69 Å². The third-order valence-corrected chi connectivity index (χ3v) is 7.09. The fourth-order valence-electron chi connectivity index (χ4n) is 4.96. The van der Waals surface area contributed by atoms with Crippen molar-refractivity contribution in [2.75, 3.05) is 0 Å². The fraction of sp³-hybridized carbons (Fsp3) is 0.154. The predicted molar refractivity (Wildman–Crippen MR) is 144 cm³/mol. The van der Waals surface area contributed by atoms with Crippen LogP contribution in [0, 0.1) is 17.0 Å². The summed E-state index contributed by atoms with van der Waals surface area (Å²) in [5.74, 6) is 0.239. The molecule has 13 nitrogen and oxygen atoms in total. The van der Waals surface area contributed by atoms with Crippen molar-refractivity contribution in [3.8, 4) is 22.6 Å². The zero-order valence-corrected chi connectivity index (χ0v) is 21.4. The number of rotatable bonds is 4. The second-order valence-corrected chi connectivity index (χ2v) is 9.22. The number of nitro groups is 1. The van der Waals surface area contributed by atoms with Crippen LogP contribution < -0.4 is 16.8 Å². The van der Waals surface area contributed by atoms with E-state index in [1.165, 1.54) is 35.5 Å². The van der Waals surface area contributed by atoms with Crippen LogP contribution in [0.15, 0.2) is 75.2 Å². The zero-order chi connectivity index (χ0) is 27.7. The van der Waals surface area contributed by atoms with E-state index in [-0.39, 0.29) is 33.9 Å². The Kier molecular flexibility index (Phi) is 5.07. The summed E-state index contributed by atoms with van der Waals surface area (Å²) in [5, 5.41) is 11.3. The quantitative estimate of drug-likeness (QED) is 0.255. The number of non-ortho nitro benzene ring substituents is 1. The minimum Gasteiger partial charge on any atom is -0.283 e. The number of aromatic nitrogens is 7. The van der Waals surface area contributed by atoms with E-state index in [0.717, 1.165) is 4.57 Å². The van der Waals surface area contributed by atoms with Crippen molar-refractivity contribution >= 4 is 22.6 Å². The number of fused-ring (bicyclic) bond motifs is 3. The Hall–Kier alpha value is -5.46. The summed E-state index contributed by atoms with van der Waals surface area (Å²) in [5.41, 5.74) is 1.43. The number of hydrogen-bond donors (Lipinski definition) is 0. The topological polar surface area (TPSA) is 136 Å². The van der Waals surface area contributed by atoms with Crippen molar-refractivity contribution in [2.45, 2.75) is 6.92 Å². The van der Waals surface area contributed by atoms with Crippen LogP contribution in [-0.2, 0) is 21.1 Å². The first-order valence-corrected chi connectivity index (χ1v) is 11.9. The zero-order valence-electron chi connectivity index (χ0n) is 21.4. The lowest BCUT2D eigenvalue weighted by Gasteiger charge is -2.08. The molecule has 39 heavy (non-hydrogen) atoms. The maximum Gasteiger partial charge on any atom is 0.332 e. The van der Waals surface area contributed by atoms with Crippen molar-refractivity contribution in [1.29, 1.82) is 0 Å². The molecule has 0 saturated carbocycles. The van der Waals surface area contributed by atoms with Gasteiger partial charge in [-0.2, -0.15) is 4.98 Å². The SMILES string of the molecule is Cc1c(-n2c(-c3ccc([N+](=O)[O-])cc3)cn3c4c(=O)n(C)c(=O)n(C)c4nc23)c(=O)n(-c2ccccc2)n1C. The van der Waals surface area contributed by atoms with Crippen LogP contribution in [0.5, 0.6) is 0 Å². The summed E-state index contributed by atoms with van der Waals surface area (Å²) in [6.45, 7) is 1.80. The van der Waals surface area contributed by atoms with Gasteiger partial charge in [-0.1, -0.05) is 18.2 Å². The summed E-state index contributed by atoms with van der Waals surface area (Å²) >= 11 is 0. The average Bonchev–Trinajstić information content (AvgIpc) is 3.55. The monoisotopic (exact) mass is 526 g/mol. The van der Waals surface area contributed by atoms with Gasteiger partial charge in [0, 0.05) is 45.0 Å². The second-order valence-electron chi connectivity index (χ2n) is 9.22. The first kappa shape index (κ1) is 23.9. The Morgan fingerprint density at radius 3 is 2.18 bits per heavy atom. The predicted octanol–water partition coefficient (Wildman–Crippen LogP) is 2.05. The van der Waals surface area contributed by atoms with Gasteiger partial charge in [-0.05, 0) is 31.2 Å². The third-order valence-electron chi connectivity index (χ3n) is 7.09. The van der Waals surface area contributed by atoms with Crippen LogP contribution in [0.3, 0.4) is 0 Å². The largest absolute Gasteiger partial charge is 0.332 e. The molecule has 0 fully saturated rings. The molecule has 0 aliphatic rings. The Bertz CT molecular complexity index is 2140. The first-order valence-electron chi connectivity index (χ1n) is 11.9. The molecule has 0 aliphatic heterocycles. The third kappa shape index (κ3) is 3.26. The molecule has 0 atom stereocenters. The van der Waals surface area contributed by atoms with Gasteiger partial charge in [-0.25, -0.2) is 9.48 Å². The van der Waals surface area contributed by atoms with E-state index in [1.54, 1.807) is 46.0 Å². The molecule has 4 heterocycles. The van der Waals surface area contributed by atoms with Gasteiger partial charge in [-0.15, -0.1) is 0 Å². The normalized spacial score (nSPS) is 11.6. The highest BCUT2D eigenvalue weighted by Gasteiger charge is 2.27. The van der Waals surface area contributed by atoms with Gasteiger partial charge >= 0.3 is 5.69 Å². The molecule has 2 aromatic carbocycles. The van der Waals surface area contributed by atoms with Crippen LogP contribution in [-0.4, -0.2) is 37.4 Å². The standard InChI is InChI=1S/C26H22N8O5/c1-15-20(24(36)33(30(15)4)17-8-6-5-7-9-17)32-19(16-10-12-18(13-11-16)34(38)39)14-31-21-22(27-25(31)32)28(2)26(37)29(3)23(21)35/h5-14H,1-4H3. The number of imidazole rings is 2. The van der Waals surface area contributed by atoms with E-state index in [9.17, 15) is 24.5 Å². The van der Waals surface area contributed by atoms with Crippen molar-refractivity contribution in [2.24, 2.45) is 21.1 Å². The lowest BCUT2D eigenvalue weighted by Crippen LogP contribution is -2.37. The van der Waals surface area contributed by atoms with E-state index >= 15 is 0 Å². The Morgan fingerprint density at radius 2 is 1.54 bits per heavy atom. The maximum atomic E-state index is 14.0. The van der Waals surface area contributed by atoms with Gasteiger partial charge in [0.1, 0.15) is 5.69 Å². The Labute approximate surface area is 218 Å². The molecule has 4 aromatic heterocycles. The summed E-state index contributed by atoms with van der Waals surface area (Å²) < 4.78 is 8.70. The molecule has 13 heteroatoms. The molecule has 0 amide bonds. The van der Waals surface area contributed by atoms with Crippen molar-refractivity contribution < 1.29 is 4.92 Å². The molecule has 0 aliphatic carbocycles. The summed E-state index contributed by atoms with van der Waals surface area (Å²) in [7, 11) is 4.67. The van der Waals surface area contributed by atoms with Gasteiger partial charge in [-0.3, -0.25) is 42.5 Å². The average molecular weight is 527 g/mol. The van der Waals surface area contributed by atoms with Crippen LogP contribution >= 0.6 is 0 Å². The number of nitrogens with zero attached hydrogens (tertiary/aromatic N) is 8. The van der Waals surface area contributed by atoms with Crippen molar-refractivity contribution in [1.82, 2.24) is 32.4 Å². The van der Waals surface area contributed by atoms with E-state index in [4.69, 9.17) is 0 Å². The van der Waals surface area contributed by atoms with Gasteiger partial charge in [0.05, 0.1) is 22.0 Å². The second kappa shape index (κ2) is 8.28. The molecule has 0 unspecified atom stereocenters. The lowest BCUT2D eigenvalue weighted by molar-refractivity contribution is -0.384. The molecule has 0 spiro atoms. The van der Waals surface area contributed by atoms with Gasteiger partial charge < -0.3 is 0 Å². The summed E-state index contributed by atoms with van der Waals surface area (Å²) in [4.78, 5) is 55.2. The Morgan fingerprint density at radius 1 is 0.872 bits per heavy atom. The molecule has 0 bridgehead atoms. The highest BCUT2D eigenvalue weighted by Crippen LogP contribution is 2.30. The molecular weight excluding hydrogens is 504 g/mol. The maximum absolute atomic E-state index is 14.0. The van der Waals surface area contributed by atoms with Gasteiger partial charge in [0.2, 0.25) is 5.78 Å². The molecular formula is C26H22N8O5. The van der Waals surface area contributed by atoms with Crippen LogP contribution in [0.4, 0.5) is 5.69 Å². The van der Waals surface area contributed by atoms with E-state index in [1.807, 2.05) is 30.3 Å². The highest BCUT2D eigenvalue weighted by molar-refractivity contribution is 5.79. The minimum atomic E-state index is -0.542. The molecule has 6 rings (SSSR count). The number of benzene rings is 2. The molecule has 0 radical (unpaired) electrons. The molecule has 196 valence electrons.